The quantitative estimate of drug-likeness (QED) is 0.676. The van der Waals surface area contributed by atoms with Crippen molar-refractivity contribution in [1.29, 1.82) is 0 Å². The molecule has 0 fully saturated rings. The zero-order valence-corrected chi connectivity index (χ0v) is 9.36. The number of hydrogen-bond donors (Lipinski definition) is 0. The Morgan fingerprint density at radius 3 is 2.81 bits per heavy atom. The molecule has 0 aliphatic heterocycles. The van der Waals surface area contributed by atoms with Gasteiger partial charge in [-0.3, -0.25) is 0 Å². The lowest BCUT2D eigenvalue weighted by Crippen LogP contribution is -2.08. The average molecular weight is 215 g/mol. The van der Waals surface area contributed by atoms with Crippen molar-refractivity contribution in [3.8, 4) is 0 Å². The van der Waals surface area contributed by atoms with Crippen LogP contribution in [0.3, 0.4) is 0 Å². The highest BCUT2D eigenvalue weighted by atomic mass is 16.4. The first-order valence-corrected chi connectivity index (χ1v) is 5.08. The third-order valence-electron chi connectivity index (χ3n) is 2.75. The van der Waals surface area contributed by atoms with Crippen molar-refractivity contribution in [2.75, 3.05) is 0 Å². The van der Waals surface area contributed by atoms with Gasteiger partial charge in [0.1, 0.15) is 5.76 Å². The van der Waals surface area contributed by atoms with Crippen LogP contribution in [0.2, 0.25) is 0 Å². The number of rotatable bonds is 1. The molecule has 3 heteroatoms. The molecule has 1 aromatic rings. The van der Waals surface area contributed by atoms with E-state index in [9.17, 15) is 4.79 Å². The smallest absolute Gasteiger partial charge is 0.408 e. The van der Waals surface area contributed by atoms with E-state index in [1.165, 1.54) is 0 Å². The highest BCUT2D eigenvalue weighted by Gasteiger charge is 2.17. The van der Waals surface area contributed by atoms with Crippen molar-refractivity contribution in [3.63, 3.8) is 0 Å². The van der Waals surface area contributed by atoms with Crippen molar-refractivity contribution in [2.45, 2.75) is 13.8 Å². The first kappa shape index (κ1) is 10.6. The van der Waals surface area contributed by atoms with Gasteiger partial charge in [-0.05, 0) is 19.9 Å². The summed E-state index contributed by atoms with van der Waals surface area (Å²) in [6.45, 7) is 7.61. The van der Waals surface area contributed by atoms with Gasteiger partial charge in [0.2, 0.25) is 0 Å². The third-order valence-corrected chi connectivity index (χ3v) is 2.75. The number of hydrogen-bond acceptors (Lipinski definition) is 3. The van der Waals surface area contributed by atoms with Gasteiger partial charge in [-0.25, -0.2) is 4.79 Å². The molecule has 0 N–H and O–H groups in total. The van der Waals surface area contributed by atoms with Crippen molar-refractivity contribution in [1.82, 2.24) is 4.98 Å². The van der Waals surface area contributed by atoms with E-state index in [4.69, 9.17) is 4.42 Å². The summed E-state index contributed by atoms with van der Waals surface area (Å²) in [5, 5.41) is 0. The standard InChI is InChI=1S/C13H13NO2/c1-4-13(3)7-5-10-9(2)14-12(15)16-11(10)6-8-13/h4-8H,1H2,2-3H3. The number of aromatic nitrogens is 1. The summed E-state index contributed by atoms with van der Waals surface area (Å²) in [6.07, 6.45) is 9.52. The number of aryl methyl sites for hydroxylation is 1. The summed E-state index contributed by atoms with van der Waals surface area (Å²) in [7, 11) is 0. The molecule has 1 atom stereocenters. The molecule has 0 bridgehead atoms. The van der Waals surface area contributed by atoms with Crippen LogP contribution in [-0.2, 0) is 0 Å². The van der Waals surface area contributed by atoms with Crippen LogP contribution in [0.5, 0.6) is 0 Å². The molecule has 16 heavy (non-hydrogen) atoms. The van der Waals surface area contributed by atoms with Crippen LogP contribution < -0.4 is 5.76 Å². The van der Waals surface area contributed by atoms with Crippen molar-refractivity contribution >= 4 is 12.2 Å². The Hall–Kier alpha value is -1.90. The Bertz CT molecular complexity index is 552. The second kappa shape index (κ2) is 3.59. The van der Waals surface area contributed by atoms with Gasteiger partial charge in [0.25, 0.3) is 0 Å². The zero-order chi connectivity index (χ0) is 11.8. The normalized spacial score (nSPS) is 22.6. The minimum absolute atomic E-state index is 0.218. The van der Waals surface area contributed by atoms with Gasteiger partial charge in [-0.2, -0.15) is 4.98 Å². The van der Waals surface area contributed by atoms with Gasteiger partial charge in [-0.15, -0.1) is 6.58 Å². The summed E-state index contributed by atoms with van der Waals surface area (Å²) in [4.78, 5) is 14.9. The maximum Gasteiger partial charge on any atom is 0.439 e. The molecule has 1 heterocycles. The van der Waals surface area contributed by atoms with E-state index < -0.39 is 5.76 Å². The van der Waals surface area contributed by atoms with Gasteiger partial charge in [0.05, 0.1) is 5.69 Å². The van der Waals surface area contributed by atoms with E-state index >= 15 is 0 Å². The Balaban J connectivity index is 2.66. The average Bonchev–Trinajstić information content (AvgIpc) is 2.40. The Morgan fingerprint density at radius 2 is 2.12 bits per heavy atom. The van der Waals surface area contributed by atoms with Gasteiger partial charge in [0.15, 0.2) is 0 Å². The molecule has 1 unspecified atom stereocenters. The van der Waals surface area contributed by atoms with Crippen LogP contribution in [0.15, 0.2) is 34.0 Å². The number of nitrogens with zero attached hydrogens (tertiary/aromatic N) is 1. The summed E-state index contributed by atoms with van der Waals surface area (Å²) >= 11 is 0. The maximum absolute atomic E-state index is 11.1. The molecule has 1 aliphatic rings. The molecule has 1 aromatic heterocycles. The van der Waals surface area contributed by atoms with E-state index in [0.717, 1.165) is 5.56 Å². The first-order chi connectivity index (χ1) is 7.54. The van der Waals surface area contributed by atoms with E-state index in [1.54, 1.807) is 13.0 Å². The molecule has 0 spiro atoms. The minimum atomic E-state index is -0.559. The molecule has 2 rings (SSSR count). The Kier molecular flexibility index (Phi) is 2.38. The molecule has 0 saturated carbocycles. The number of allylic oxidation sites excluding steroid dienone is 3. The van der Waals surface area contributed by atoms with E-state index in [2.05, 4.69) is 11.6 Å². The van der Waals surface area contributed by atoms with Gasteiger partial charge in [-0.1, -0.05) is 24.3 Å². The fraction of sp³-hybridized carbons (Fsp3) is 0.231. The summed E-state index contributed by atoms with van der Waals surface area (Å²) in [6, 6.07) is 0. The van der Waals surface area contributed by atoms with Gasteiger partial charge < -0.3 is 4.42 Å². The van der Waals surface area contributed by atoms with Crippen LogP contribution in [0.4, 0.5) is 0 Å². The lowest BCUT2D eigenvalue weighted by molar-refractivity contribution is 0.470. The molecule has 3 nitrogen and oxygen atoms in total. The minimum Gasteiger partial charge on any atom is -0.408 e. The van der Waals surface area contributed by atoms with Gasteiger partial charge in [0, 0.05) is 11.0 Å². The monoisotopic (exact) mass is 215 g/mol. The lowest BCUT2D eigenvalue weighted by Gasteiger charge is -2.13. The Labute approximate surface area is 93.8 Å². The molecule has 0 aromatic carbocycles. The zero-order valence-electron chi connectivity index (χ0n) is 9.36. The molecule has 82 valence electrons. The van der Waals surface area contributed by atoms with Gasteiger partial charge >= 0.3 is 5.76 Å². The van der Waals surface area contributed by atoms with Crippen LogP contribution >= 0.6 is 0 Å². The molecule has 0 saturated heterocycles. The maximum atomic E-state index is 11.1. The van der Waals surface area contributed by atoms with Crippen molar-refractivity contribution < 1.29 is 4.42 Å². The van der Waals surface area contributed by atoms with Crippen molar-refractivity contribution in [2.24, 2.45) is 5.41 Å². The predicted octanol–water partition coefficient (Wildman–Crippen LogP) is 2.58. The SMILES string of the molecule is C=CC1(C)C=Cc2oc(=O)nc(C)c2C=C1. The van der Waals surface area contributed by atoms with E-state index in [1.807, 2.05) is 31.2 Å². The summed E-state index contributed by atoms with van der Waals surface area (Å²) in [5.74, 6) is -0.00386. The highest BCUT2D eigenvalue weighted by Crippen LogP contribution is 2.29. The largest absolute Gasteiger partial charge is 0.439 e. The molecule has 1 aliphatic carbocycles. The molecule has 0 amide bonds. The topological polar surface area (TPSA) is 43.1 Å². The van der Waals surface area contributed by atoms with Crippen LogP contribution in [0.25, 0.3) is 12.2 Å². The number of fused-ring (bicyclic) bond motifs is 1. The fourth-order valence-electron chi connectivity index (χ4n) is 1.58. The second-order valence-corrected chi connectivity index (χ2v) is 4.08. The van der Waals surface area contributed by atoms with Crippen LogP contribution in [0.1, 0.15) is 23.9 Å². The summed E-state index contributed by atoms with van der Waals surface area (Å²) in [5.41, 5.74) is 1.31. The fourth-order valence-corrected chi connectivity index (χ4v) is 1.58. The lowest BCUT2D eigenvalue weighted by atomic mass is 9.90. The Morgan fingerprint density at radius 1 is 1.44 bits per heavy atom. The van der Waals surface area contributed by atoms with Crippen LogP contribution in [-0.4, -0.2) is 4.98 Å². The molecular formula is C13H13NO2. The van der Waals surface area contributed by atoms with E-state index in [0.29, 0.717) is 11.5 Å². The third kappa shape index (κ3) is 1.76. The molecular weight excluding hydrogens is 202 g/mol. The van der Waals surface area contributed by atoms with E-state index in [-0.39, 0.29) is 5.41 Å². The van der Waals surface area contributed by atoms with Crippen LogP contribution in [0, 0.1) is 12.3 Å². The summed E-state index contributed by atoms with van der Waals surface area (Å²) < 4.78 is 5.06. The van der Waals surface area contributed by atoms with Crippen molar-refractivity contribution in [3.05, 3.63) is 52.4 Å². The highest BCUT2D eigenvalue weighted by molar-refractivity contribution is 5.66. The predicted molar refractivity (Wildman–Crippen MR) is 63.9 cm³/mol. The first-order valence-electron chi connectivity index (χ1n) is 5.08. The molecule has 0 radical (unpaired) electrons. The second-order valence-electron chi connectivity index (χ2n) is 4.08.